The third-order valence-electron chi connectivity index (χ3n) is 2.87. The van der Waals surface area contributed by atoms with Crippen molar-refractivity contribution in [2.75, 3.05) is 11.1 Å². The predicted octanol–water partition coefficient (Wildman–Crippen LogP) is 4.65. The Morgan fingerprint density at radius 1 is 1.29 bits per heavy atom. The summed E-state index contributed by atoms with van der Waals surface area (Å²) in [5.41, 5.74) is 8.78. The molecule has 2 rings (SSSR count). The predicted molar refractivity (Wildman–Crippen MR) is 92.4 cm³/mol. The molecule has 0 unspecified atom stereocenters. The second kappa shape index (κ2) is 6.78. The molecule has 0 aliphatic carbocycles. The Morgan fingerprint density at radius 2 is 1.95 bits per heavy atom. The van der Waals surface area contributed by atoms with E-state index in [1.807, 2.05) is 25.1 Å². The van der Waals surface area contributed by atoms with Crippen molar-refractivity contribution in [3.63, 3.8) is 0 Å². The SMILES string of the molecule is Cc1cc(Br)c(NC(=O)/C=C/c2ccc(N)cc2)cc1Cl. The maximum Gasteiger partial charge on any atom is 0.248 e. The first-order valence-corrected chi connectivity index (χ1v) is 7.43. The minimum Gasteiger partial charge on any atom is -0.399 e. The van der Waals surface area contributed by atoms with Gasteiger partial charge in [-0.2, -0.15) is 0 Å². The highest BCUT2D eigenvalue weighted by molar-refractivity contribution is 9.10. The number of anilines is 2. The van der Waals surface area contributed by atoms with Gasteiger partial charge >= 0.3 is 0 Å². The second-order valence-electron chi connectivity index (χ2n) is 4.57. The molecule has 0 saturated heterocycles. The van der Waals surface area contributed by atoms with Crippen LogP contribution in [-0.2, 0) is 4.79 Å². The number of nitrogens with two attached hydrogens (primary N) is 1. The van der Waals surface area contributed by atoms with E-state index in [0.717, 1.165) is 15.6 Å². The summed E-state index contributed by atoms with van der Waals surface area (Å²) in [4.78, 5) is 11.9. The fourth-order valence-corrected chi connectivity index (χ4v) is 2.42. The van der Waals surface area contributed by atoms with Gasteiger partial charge in [-0.1, -0.05) is 23.7 Å². The fraction of sp³-hybridized carbons (Fsp3) is 0.0625. The minimum absolute atomic E-state index is 0.229. The summed E-state index contributed by atoms with van der Waals surface area (Å²) in [7, 11) is 0. The van der Waals surface area contributed by atoms with Gasteiger partial charge in [0.2, 0.25) is 5.91 Å². The van der Waals surface area contributed by atoms with Crippen LogP contribution >= 0.6 is 27.5 Å². The number of halogens is 2. The Kier molecular flexibility index (Phi) is 5.04. The fourth-order valence-electron chi connectivity index (χ4n) is 1.70. The third-order valence-corrected chi connectivity index (χ3v) is 3.93. The van der Waals surface area contributed by atoms with Crippen molar-refractivity contribution in [1.82, 2.24) is 0 Å². The molecule has 0 aliphatic rings. The minimum atomic E-state index is -0.229. The van der Waals surface area contributed by atoms with Gasteiger partial charge in [-0.15, -0.1) is 0 Å². The van der Waals surface area contributed by atoms with Crippen molar-refractivity contribution in [3.8, 4) is 0 Å². The number of carbonyl (C=O) groups excluding carboxylic acids is 1. The highest BCUT2D eigenvalue weighted by Crippen LogP contribution is 2.29. The largest absolute Gasteiger partial charge is 0.399 e. The van der Waals surface area contributed by atoms with Gasteiger partial charge < -0.3 is 11.1 Å². The quantitative estimate of drug-likeness (QED) is 0.614. The molecule has 0 atom stereocenters. The summed E-state index contributed by atoms with van der Waals surface area (Å²) in [5.74, 6) is -0.229. The van der Waals surface area contributed by atoms with E-state index in [9.17, 15) is 4.79 Å². The van der Waals surface area contributed by atoms with Gasteiger partial charge in [0, 0.05) is 21.3 Å². The Morgan fingerprint density at radius 3 is 2.62 bits per heavy atom. The van der Waals surface area contributed by atoms with Gasteiger partial charge in [-0.25, -0.2) is 0 Å². The highest BCUT2D eigenvalue weighted by atomic mass is 79.9. The lowest BCUT2D eigenvalue weighted by molar-refractivity contribution is -0.111. The van der Waals surface area contributed by atoms with Crippen LogP contribution in [0.15, 0.2) is 46.9 Å². The Labute approximate surface area is 136 Å². The van der Waals surface area contributed by atoms with Crippen molar-refractivity contribution >= 4 is 50.9 Å². The third kappa shape index (κ3) is 4.34. The molecule has 0 saturated carbocycles. The smallest absolute Gasteiger partial charge is 0.248 e. The summed E-state index contributed by atoms with van der Waals surface area (Å²) in [6.45, 7) is 1.90. The molecule has 3 nitrogen and oxygen atoms in total. The molecule has 0 radical (unpaired) electrons. The van der Waals surface area contributed by atoms with E-state index < -0.39 is 0 Å². The van der Waals surface area contributed by atoms with Crippen LogP contribution in [0.3, 0.4) is 0 Å². The van der Waals surface area contributed by atoms with E-state index in [-0.39, 0.29) is 5.91 Å². The molecular weight excluding hydrogens is 352 g/mol. The molecule has 3 N–H and O–H groups in total. The first kappa shape index (κ1) is 15.6. The van der Waals surface area contributed by atoms with Crippen LogP contribution in [0, 0.1) is 6.92 Å². The van der Waals surface area contributed by atoms with Crippen molar-refractivity contribution < 1.29 is 4.79 Å². The maximum absolute atomic E-state index is 11.9. The summed E-state index contributed by atoms with van der Waals surface area (Å²) in [6.07, 6.45) is 3.18. The first-order chi connectivity index (χ1) is 9.95. The lowest BCUT2D eigenvalue weighted by Crippen LogP contribution is -2.08. The summed E-state index contributed by atoms with van der Waals surface area (Å²) < 4.78 is 0.790. The van der Waals surface area contributed by atoms with Crippen LogP contribution in [0.5, 0.6) is 0 Å². The average molecular weight is 366 g/mol. The monoisotopic (exact) mass is 364 g/mol. The number of nitrogen functional groups attached to an aromatic ring is 1. The maximum atomic E-state index is 11.9. The lowest BCUT2D eigenvalue weighted by atomic mass is 10.2. The van der Waals surface area contributed by atoms with Crippen molar-refractivity contribution in [1.29, 1.82) is 0 Å². The number of aryl methyl sites for hydroxylation is 1. The molecule has 0 heterocycles. The van der Waals surface area contributed by atoms with Gasteiger partial charge in [0.05, 0.1) is 5.69 Å². The van der Waals surface area contributed by atoms with E-state index in [1.54, 1.807) is 24.3 Å². The van der Waals surface area contributed by atoms with E-state index in [2.05, 4.69) is 21.2 Å². The van der Waals surface area contributed by atoms with Crippen molar-refractivity contribution in [3.05, 3.63) is 63.1 Å². The molecule has 1 amide bonds. The number of rotatable bonds is 3. The first-order valence-electron chi connectivity index (χ1n) is 6.26. The molecular formula is C16H14BrClN2O. The van der Waals surface area contributed by atoms with E-state index in [4.69, 9.17) is 17.3 Å². The zero-order chi connectivity index (χ0) is 15.4. The van der Waals surface area contributed by atoms with Crippen molar-refractivity contribution in [2.24, 2.45) is 0 Å². The number of hydrogen-bond acceptors (Lipinski definition) is 2. The lowest BCUT2D eigenvalue weighted by Gasteiger charge is -2.07. The van der Waals surface area contributed by atoms with Gasteiger partial charge in [0.1, 0.15) is 0 Å². The van der Waals surface area contributed by atoms with Gasteiger partial charge in [0.25, 0.3) is 0 Å². The second-order valence-corrected chi connectivity index (χ2v) is 5.83. The number of hydrogen-bond donors (Lipinski definition) is 2. The number of carbonyl (C=O) groups is 1. The zero-order valence-electron chi connectivity index (χ0n) is 11.4. The van der Waals surface area contributed by atoms with E-state index in [1.165, 1.54) is 6.08 Å². The molecule has 2 aromatic carbocycles. The number of amides is 1. The molecule has 21 heavy (non-hydrogen) atoms. The van der Waals surface area contributed by atoms with Gasteiger partial charge in [-0.3, -0.25) is 4.79 Å². The molecule has 5 heteroatoms. The average Bonchev–Trinajstić information content (AvgIpc) is 2.44. The van der Waals surface area contributed by atoms with Gasteiger partial charge in [0.15, 0.2) is 0 Å². The molecule has 0 spiro atoms. The van der Waals surface area contributed by atoms with Crippen LogP contribution in [0.1, 0.15) is 11.1 Å². The zero-order valence-corrected chi connectivity index (χ0v) is 13.7. The summed E-state index contributed by atoms with van der Waals surface area (Å²) in [6, 6.07) is 10.8. The normalized spacial score (nSPS) is 10.8. The van der Waals surface area contributed by atoms with Gasteiger partial charge in [-0.05, 0) is 64.3 Å². The molecule has 0 bridgehead atoms. The topological polar surface area (TPSA) is 55.1 Å². The van der Waals surface area contributed by atoms with E-state index in [0.29, 0.717) is 16.4 Å². The Bertz CT molecular complexity index is 696. The summed E-state index contributed by atoms with van der Waals surface area (Å²) >= 11 is 9.46. The molecule has 108 valence electrons. The molecule has 0 aliphatic heterocycles. The molecule has 0 fully saturated rings. The van der Waals surface area contributed by atoms with Crippen LogP contribution in [-0.4, -0.2) is 5.91 Å². The van der Waals surface area contributed by atoms with Crippen LogP contribution in [0.25, 0.3) is 6.08 Å². The highest BCUT2D eigenvalue weighted by Gasteiger charge is 2.06. The van der Waals surface area contributed by atoms with Crippen molar-refractivity contribution in [2.45, 2.75) is 6.92 Å². The summed E-state index contributed by atoms with van der Waals surface area (Å²) in [5, 5.41) is 3.39. The molecule has 0 aromatic heterocycles. The Balaban J connectivity index is 2.08. The van der Waals surface area contributed by atoms with Crippen LogP contribution < -0.4 is 11.1 Å². The number of benzene rings is 2. The standard InChI is InChI=1S/C16H14BrClN2O/c1-10-8-13(17)15(9-14(10)18)20-16(21)7-4-11-2-5-12(19)6-3-11/h2-9H,19H2,1H3,(H,20,21)/b7-4+. The molecule has 2 aromatic rings. The van der Waals surface area contributed by atoms with Crippen LogP contribution in [0.2, 0.25) is 5.02 Å². The van der Waals surface area contributed by atoms with Crippen LogP contribution in [0.4, 0.5) is 11.4 Å². The Hall–Kier alpha value is -1.78. The number of nitrogens with one attached hydrogen (secondary N) is 1. The van der Waals surface area contributed by atoms with E-state index >= 15 is 0 Å².